The van der Waals surface area contributed by atoms with Crippen LogP contribution < -0.4 is 16.0 Å². The summed E-state index contributed by atoms with van der Waals surface area (Å²) in [5.74, 6) is -2.76. The lowest BCUT2D eigenvalue weighted by Gasteiger charge is -2.22. The predicted octanol–water partition coefficient (Wildman–Crippen LogP) is 3.51. The van der Waals surface area contributed by atoms with E-state index < -0.39 is 42.3 Å². The highest BCUT2D eigenvalue weighted by molar-refractivity contribution is 6.01. The van der Waals surface area contributed by atoms with Crippen LogP contribution in [0.15, 0.2) is 48.5 Å². The Kier molecular flexibility index (Phi) is 7.73. The molecule has 0 heterocycles. The van der Waals surface area contributed by atoms with Gasteiger partial charge in [0.2, 0.25) is 5.91 Å². The summed E-state index contributed by atoms with van der Waals surface area (Å²) in [6.45, 7) is 2.00. The van der Waals surface area contributed by atoms with Gasteiger partial charge in [-0.1, -0.05) is 13.8 Å². The fourth-order valence-electron chi connectivity index (χ4n) is 2.57. The molecule has 0 saturated heterocycles. The number of rotatable bonds is 7. The first-order valence-corrected chi connectivity index (χ1v) is 9.28. The second kappa shape index (κ2) is 10.1. The summed E-state index contributed by atoms with van der Waals surface area (Å²) in [4.78, 5) is 36.7. The molecule has 1 atom stereocenters. The van der Waals surface area contributed by atoms with E-state index in [0.29, 0.717) is 5.69 Å². The van der Waals surface area contributed by atoms with Gasteiger partial charge in [0, 0.05) is 16.8 Å². The van der Waals surface area contributed by atoms with Gasteiger partial charge >= 0.3 is 6.18 Å². The second-order valence-corrected chi connectivity index (χ2v) is 7.07. The molecule has 31 heavy (non-hydrogen) atoms. The highest BCUT2D eigenvalue weighted by Gasteiger charge is 2.28. The van der Waals surface area contributed by atoms with E-state index in [0.717, 1.165) is 12.1 Å². The summed E-state index contributed by atoms with van der Waals surface area (Å²) in [6, 6.07) is 9.19. The van der Waals surface area contributed by atoms with Crippen LogP contribution in [0, 0.1) is 11.7 Å². The molecule has 0 aliphatic carbocycles. The van der Waals surface area contributed by atoms with Crippen molar-refractivity contribution in [3.8, 4) is 0 Å². The van der Waals surface area contributed by atoms with E-state index in [1.165, 1.54) is 36.4 Å². The highest BCUT2D eigenvalue weighted by Crippen LogP contribution is 2.15. The maximum atomic E-state index is 13.0. The van der Waals surface area contributed by atoms with Crippen molar-refractivity contribution in [2.75, 3.05) is 11.9 Å². The largest absolute Gasteiger partial charge is 0.405 e. The first-order valence-electron chi connectivity index (χ1n) is 9.28. The van der Waals surface area contributed by atoms with Crippen LogP contribution in [-0.4, -0.2) is 36.5 Å². The summed E-state index contributed by atoms with van der Waals surface area (Å²) in [5, 5.41) is 6.93. The molecule has 10 heteroatoms. The predicted molar refractivity (Wildman–Crippen MR) is 106 cm³/mol. The molecule has 0 aromatic heterocycles. The minimum atomic E-state index is -4.52. The molecule has 3 amide bonds. The lowest BCUT2D eigenvalue weighted by molar-refractivity contribution is -0.123. The molecule has 2 rings (SSSR count). The van der Waals surface area contributed by atoms with Crippen molar-refractivity contribution in [3.05, 3.63) is 65.5 Å². The molecule has 0 fully saturated rings. The number of benzene rings is 2. The van der Waals surface area contributed by atoms with Gasteiger partial charge in [0.05, 0.1) is 0 Å². The first kappa shape index (κ1) is 23.8. The van der Waals surface area contributed by atoms with Crippen molar-refractivity contribution < 1.29 is 31.9 Å². The van der Waals surface area contributed by atoms with Crippen molar-refractivity contribution in [2.45, 2.75) is 26.1 Å². The monoisotopic (exact) mass is 439 g/mol. The summed E-state index contributed by atoms with van der Waals surface area (Å²) in [7, 11) is 0. The number of carbonyl (C=O) groups excluding carboxylic acids is 3. The average Bonchev–Trinajstić information content (AvgIpc) is 2.70. The number of carbonyl (C=O) groups is 3. The molecule has 6 nitrogen and oxygen atoms in total. The highest BCUT2D eigenvalue weighted by atomic mass is 19.4. The van der Waals surface area contributed by atoms with E-state index in [9.17, 15) is 31.9 Å². The molecule has 2 aromatic rings. The molecule has 0 bridgehead atoms. The number of hydrogen-bond acceptors (Lipinski definition) is 3. The lowest BCUT2D eigenvalue weighted by atomic mass is 10.0. The fourth-order valence-corrected chi connectivity index (χ4v) is 2.57. The van der Waals surface area contributed by atoms with E-state index in [4.69, 9.17) is 0 Å². The van der Waals surface area contributed by atoms with Gasteiger partial charge in [0.1, 0.15) is 18.4 Å². The van der Waals surface area contributed by atoms with Crippen LogP contribution in [0.3, 0.4) is 0 Å². The van der Waals surface area contributed by atoms with E-state index in [1.807, 2.05) is 0 Å². The first-order chi connectivity index (χ1) is 14.5. The molecular formula is C21H21F4N3O3. The van der Waals surface area contributed by atoms with Crippen LogP contribution in [-0.2, 0) is 4.79 Å². The van der Waals surface area contributed by atoms with E-state index in [-0.39, 0.29) is 17.0 Å². The van der Waals surface area contributed by atoms with Crippen LogP contribution in [0.2, 0.25) is 0 Å². The molecule has 2 aromatic carbocycles. The molecule has 0 aliphatic heterocycles. The van der Waals surface area contributed by atoms with Gasteiger partial charge in [-0.15, -0.1) is 0 Å². The summed E-state index contributed by atoms with van der Waals surface area (Å²) >= 11 is 0. The van der Waals surface area contributed by atoms with Crippen molar-refractivity contribution in [3.63, 3.8) is 0 Å². The molecule has 0 radical (unpaired) electrons. The standard InChI is InChI=1S/C21H21F4N3O3/c1-12(2)17(28-19(30)14-3-7-15(22)8-4-14)20(31)27-16-9-5-13(6-10-16)18(29)26-11-21(23,24)25/h3-10,12,17H,11H2,1-2H3,(H,26,29)(H,27,31)(H,28,30). The smallest absolute Gasteiger partial charge is 0.343 e. The summed E-state index contributed by atoms with van der Waals surface area (Å²) in [6.07, 6.45) is -4.52. The van der Waals surface area contributed by atoms with Gasteiger partial charge < -0.3 is 16.0 Å². The SMILES string of the molecule is CC(C)C(NC(=O)c1ccc(F)cc1)C(=O)Nc1ccc(C(=O)NCC(F)(F)F)cc1. The Morgan fingerprint density at radius 1 is 0.871 bits per heavy atom. The summed E-state index contributed by atoms with van der Waals surface area (Å²) < 4.78 is 49.6. The average molecular weight is 439 g/mol. The quantitative estimate of drug-likeness (QED) is 0.577. The van der Waals surface area contributed by atoms with Crippen molar-refractivity contribution in [1.82, 2.24) is 10.6 Å². The van der Waals surface area contributed by atoms with E-state index in [1.54, 1.807) is 19.2 Å². The van der Waals surface area contributed by atoms with Crippen LogP contribution in [0.4, 0.5) is 23.2 Å². The van der Waals surface area contributed by atoms with Gasteiger partial charge in [-0.2, -0.15) is 13.2 Å². The molecule has 0 saturated carbocycles. The van der Waals surface area contributed by atoms with Crippen LogP contribution in [0.5, 0.6) is 0 Å². The molecule has 1 unspecified atom stereocenters. The minimum absolute atomic E-state index is 0.00716. The Hall–Kier alpha value is -3.43. The number of anilines is 1. The van der Waals surface area contributed by atoms with Crippen molar-refractivity contribution in [2.24, 2.45) is 5.92 Å². The van der Waals surface area contributed by atoms with Gasteiger partial charge in [0.15, 0.2) is 0 Å². The Labute approximate surface area is 176 Å². The van der Waals surface area contributed by atoms with Gasteiger partial charge in [-0.25, -0.2) is 4.39 Å². The summed E-state index contributed by atoms with van der Waals surface area (Å²) in [5.41, 5.74) is 0.473. The van der Waals surface area contributed by atoms with Gasteiger partial charge in [-0.3, -0.25) is 14.4 Å². The number of amides is 3. The van der Waals surface area contributed by atoms with Gasteiger partial charge in [-0.05, 0) is 54.4 Å². The number of nitrogens with one attached hydrogen (secondary N) is 3. The zero-order chi connectivity index (χ0) is 23.2. The number of hydrogen-bond donors (Lipinski definition) is 3. The van der Waals surface area contributed by atoms with Crippen molar-refractivity contribution in [1.29, 1.82) is 0 Å². The fraction of sp³-hybridized carbons (Fsp3) is 0.286. The molecule has 0 spiro atoms. The van der Waals surface area contributed by atoms with Gasteiger partial charge in [0.25, 0.3) is 11.8 Å². The molecule has 3 N–H and O–H groups in total. The molecule has 166 valence electrons. The normalized spacial score (nSPS) is 12.2. The molecular weight excluding hydrogens is 418 g/mol. The maximum absolute atomic E-state index is 13.0. The Balaban J connectivity index is 2.01. The zero-order valence-corrected chi connectivity index (χ0v) is 16.7. The maximum Gasteiger partial charge on any atom is 0.405 e. The third-order valence-electron chi connectivity index (χ3n) is 4.21. The number of alkyl halides is 3. The lowest BCUT2D eigenvalue weighted by Crippen LogP contribution is -2.47. The second-order valence-electron chi connectivity index (χ2n) is 7.07. The molecule has 0 aliphatic rings. The minimum Gasteiger partial charge on any atom is -0.343 e. The third kappa shape index (κ3) is 7.40. The Bertz CT molecular complexity index is 926. The van der Waals surface area contributed by atoms with Crippen LogP contribution in [0.25, 0.3) is 0 Å². The topological polar surface area (TPSA) is 87.3 Å². The third-order valence-corrected chi connectivity index (χ3v) is 4.21. The van der Waals surface area contributed by atoms with Crippen LogP contribution >= 0.6 is 0 Å². The van der Waals surface area contributed by atoms with E-state index in [2.05, 4.69) is 10.6 Å². The Morgan fingerprint density at radius 2 is 1.39 bits per heavy atom. The van der Waals surface area contributed by atoms with E-state index >= 15 is 0 Å². The number of halogens is 4. The van der Waals surface area contributed by atoms with Crippen LogP contribution in [0.1, 0.15) is 34.6 Å². The zero-order valence-electron chi connectivity index (χ0n) is 16.7. The van der Waals surface area contributed by atoms with Crippen molar-refractivity contribution >= 4 is 23.4 Å². The Morgan fingerprint density at radius 3 is 1.90 bits per heavy atom.